The van der Waals surface area contributed by atoms with E-state index in [1.165, 1.54) is 11.1 Å². The first-order chi connectivity index (χ1) is 9.70. The highest BCUT2D eigenvalue weighted by Crippen LogP contribution is 2.28. The summed E-state index contributed by atoms with van der Waals surface area (Å²) in [5.41, 5.74) is 2.79. The van der Waals surface area contributed by atoms with Gasteiger partial charge in [-0.2, -0.15) is 0 Å². The number of rotatable bonds is 7. The highest BCUT2D eigenvalue weighted by atomic mass is 16.5. The van der Waals surface area contributed by atoms with Crippen LogP contribution in [0.25, 0.3) is 0 Å². The average Bonchev–Trinajstić information content (AvgIpc) is 2.35. The Hall–Kier alpha value is -1.02. The van der Waals surface area contributed by atoms with Gasteiger partial charge in [-0.25, -0.2) is 0 Å². The van der Waals surface area contributed by atoms with Gasteiger partial charge in [-0.3, -0.25) is 0 Å². The minimum Gasteiger partial charge on any atom is -0.490 e. The molecule has 0 amide bonds. The van der Waals surface area contributed by atoms with Crippen molar-refractivity contribution >= 4 is 0 Å². The van der Waals surface area contributed by atoms with E-state index in [2.05, 4.69) is 72.0 Å². The molecule has 0 heterocycles. The third-order valence-corrected chi connectivity index (χ3v) is 3.71. The number of hydrogen-bond donors (Lipinski definition) is 1. The SMILES string of the molecule is Cc1cc(C(C)(C)C)ccc1OC(C)CCCNC(C)C. The molecule has 120 valence electrons. The summed E-state index contributed by atoms with van der Waals surface area (Å²) in [6.45, 7) is 16.4. The first kappa shape index (κ1) is 18.0. The molecule has 1 rings (SSSR count). The van der Waals surface area contributed by atoms with Crippen molar-refractivity contribution in [3.05, 3.63) is 29.3 Å². The topological polar surface area (TPSA) is 21.3 Å². The Morgan fingerprint density at radius 3 is 2.33 bits per heavy atom. The highest BCUT2D eigenvalue weighted by molar-refractivity contribution is 5.38. The molecule has 0 aliphatic rings. The van der Waals surface area contributed by atoms with E-state index in [1.807, 2.05) is 0 Å². The van der Waals surface area contributed by atoms with E-state index in [4.69, 9.17) is 4.74 Å². The molecule has 0 aromatic heterocycles. The molecule has 0 bridgehead atoms. The van der Waals surface area contributed by atoms with Crippen LogP contribution < -0.4 is 10.1 Å². The van der Waals surface area contributed by atoms with Gasteiger partial charge in [0.2, 0.25) is 0 Å². The summed E-state index contributed by atoms with van der Waals surface area (Å²) >= 11 is 0. The summed E-state index contributed by atoms with van der Waals surface area (Å²) in [5.74, 6) is 1.02. The monoisotopic (exact) mass is 291 g/mol. The molecule has 0 saturated heterocycles. The lowest BCUT2D eigenvalue weighted by molar-refractivity contribution is 0.205. The molecule has 21 heavy (non-hydrogen) atoms. The second kappa shape index (κ2) is 7.84. The molecule has 1 aromatic rings. The number of nitrogens with one attached hydrogen (secondary N) is 1. The standard InChI is InChI=1S/C19H33NO/c1-14(2)20-12-8-9-16(4)21-18-11-10-17(13-15(18)3)19(5,6)7/h10-11,13-14,16,20H,8-9,12H2,1-7H3. The summed E-state index contributed by atoms with van der Waals surface area (Å²) < 4.78 is 6.09. The third kappa shape index (κ3) is 6.52. The van der Waals surface area contributed by atoms with Crippen LogP contribution in [0, 0.1) is 6.92 Å². The zero-order chi connectivity index (χ0) is 16.0. The molecule has 1 aromatic carbocycles. The van der Waals surface area contributed by atoms with Crippen molar-refractivity contribution < 1.29 is 4.74 Å². The Morgan fingerprint density at radius 2 is 1.81 bits per heavy atom. The van der Waals surface area contributed by atoms with E-state index in [-0.39, 0.29) is 11.5 Å². The molecular formula is C19H33NO. The van der Waals surface area contributed by atoms with Crippen molar-refractivity contribution in [2.45, 2.75) is 78.9 Å². The van der Waals surface area contributed by atoms with Gasteiger partial charge in [0, 0.05) is 6.04 Å². The number of aryl methyl sites for hydroxylation is 1. The zero-order valence-corrected chi connectivity index (χ0v) is 14.9. The van der Waals surface area contributed by atoms with E-state index in [1.54, 1.807) is 0 Å². The molecule has 1 N–H and O–H groups in total. The molecule has 0 aliphatic heterocycles. The van der Waals surface area contributed by atoms with Crippen LogP contribution in [0.2, 0.25) is 0 Å². The normalized spacial score (nSPS) is 13.5. The minimum atomic E-state index is 0.192. The highest BCUT2D eigenvalue weighted by Gasteiger charge is 2.15. The van der Waals surface area contributed by atoms with Crippen molar-refractivity contribution in [2.75, 3.05) is 6.54 Å². The molecule has 0 fully saturated rings. The van der Waals surface area contributed by atoms with Crippen LogP contribution in [0.15, 0.2) is 18.2 Å². The molecule has 1 atom stereocenters. The van der Waals surface area contributed by atoms with Crippen molar-refractivity contribution in [1.82, 2.24) is 5.32 Å². The summed E-state index contributed by atoms with van der Waals surface area (Å²) in [5, 5.41) is 3.44. The fourth-order valence-corrected chi connectivity index (χ4v) is 2.30. The van der Waals surface area contributed by atoms with Crippen LogP contribution in [0.3, 0.4) is 0 Å². The molecular weight excluding hydrogens is 258 g/mol. The fraction of sp³-hybridized carbons (Fsp3) is 0.684. The van der Waals surface area contributed by atoms with Crippen LogP contribution in [0.4, 0.5) is 0 Å². The number of benzene rings is 1. The van der Waals surface area contributed by atoms with Gasteiger partial charge in [0.15, 0.2) is 0 Å². The van der Waals surface area contributed by atoms with Crippen molar-refractivity contribution in [1.29, 1.82) is 0 Å². The number of ether oxygens (including phenoxy) is 1. The molecule has 2 nitrogen and oxygen atoms in total. The van der Waals surface area contributed by atoms with Crippen LogP contribution in [-0.2, 0) is 5.41 Å². The van der Waals surface area contributed by atoms with Gasteiger partial charge < -0.3 is 10.1 Å². The maximum Gasteiger partial charge on any atom is 0.122 e. The maximum absolute atomic E-state index is 6.09. The zero-order valence-electron chi connectivity index (χ0n) is 14.9. The molecule has 0 saturated carbocycles. The molecule has 1 unspecified atom stereocenters. The quantitative estimate of drug-likeness (QED) is 0.726. The predicted molar refractivity (Wildman–Crippen MR) is 92.3 cm³/mol. The first-order valence-corrected chi connectivity index (χ1v) is 8.21. The van der Waals surface area contributed by atoms with E-state index in [0.29, 0.717) is 6.04 Å². The van der Waals surface area contributed by atoms with Crippen molar-refractivity contribution in [3.63, 3.8) is 0 Å². The Labute approximate surface area is 131 Å². The van der Waals surface area contributed by atoms with Gasteiger partial charge in [0.25, 0.3) is 0 Å². The summed E-state index contributed by atoms with van der Waals surface area (Å²) in [4.78, 5) is 0. The number of hydrogen-bond acceptors (Lipinski definition) is 2. The summed E-state index contributed by atoms with van der Waals surface area (Å²) in [7, 11) is 0. The Morgan fingerprint density at radius 1 is 1.14 bits per heavy atom. The Bertz CT molecular complexity index is 432. The Balaban J connectivity index is 2.51. The molecule has 2 heteroatoms. The largest absolute Gasteiger partial charge is 0.490 e. The van der Waals surface area contributed by atoms with E-state index in [9.17, 15) is 0 Å². The molecule has 0 radical (unpaired) electrons. The third-order valence-electron chi connectivity index (χ3n) is 3.71. The van der Waals surface area contributed by atoms with Gasteiger partial charge in [-0.1, -0.05) is 46.8 Å². The lowest BCUT2D eigenvalue weighted by Crippen LogP contribution is -2.25. The molecule has 0 spiro atoms. The van der Waals surface area contributed by atoms with Gasteiger partial charge in [-0.05, 0) is 55.8 Å². The van der Waals surface area contributed by atoms with E-state index in [0.717, 1.165) is 25.1 Å². The van der Waals surface area contributed by atoms with Crippen LogP contribution in [0.5, 0.6) is 5.75 Å². The minimum absolute atomic E-state index is 0.192. The average molecular weight is 291 g/mol. The molecule has 0 aliphatic carbocycles. The second-order valence-electron chi connectivity index (χ2n) is 7.41. The fourth-order valence-electron chi connectivity index (χ4n) is 2.30. The van der Waals surface area contributed by atoms with Crippen LogP contribution in [0.1, 0.15) is 65.5 Å². The lowest BCUT2D eigenvalue weighted by Gasteiger charge is -2.22. The second-order valence-corrected chi connectivity index (χ2v) is 7.41. The maximum atomic E-state index is 6.09. The summed E-state index contributed by atoms with van der Waals surface area (Å²) in [6.07, 6.45) is 2.50. The smallest absolute Gasteiger partial charge is 0.122 e. The van der Waals surface area contributed by atoms with Gasteiger partial charge in [0.1, 0.15) is 5.75 Å². The van der Waals surface area contributed by atoms with Crippen molar-refractivity contribution in [3.8, 4) is 5.75 Å². The van der Waals surface area contributed by atoms with Gasteiger partial charge in [-0.15, -0.1) is 0 Å². The van der Waals surface area contributed by atoms with Crippen LogP contribution in [-0.4, -0.2) is 18.7 Å². The predicted octanol–water partition coefficient (Wildman–Crippen LogP) is 4.84. The van der Waals surface area contributed by atoms with E-state index >= 15 is 0 Å². The van der Waals surface area contributed by atoms with Gasteiger partial charge >= 0.3 is 0 Å². The van der Waals surface area contributed by atoms with Gasteiger partial charge in [0.05, 0.1) is 6.10 Å². The van der Waals surface area contributed by atoms with Crippen molar-refractivity contribution in [2.24, 2.45) is 0 Å². The lowest BCUT2D eigenvalue weighted by atomic mass is 9.86. The Kier molecular flexibility index (Phi) is 6.73. The summed E-state index contributed by atoms with van der Waals surface area (Å²) in [6, 6.07) is 7.13. The van der Waals surface area contributed by atoms with E-state index < -0.39 is 0 Å². The first-order valence-electron chi connectivity index (χ1n) is 8.21. The van der Waals surface area contributed by atoms with Crippen LogP contribution >= 0.6 is 0 Å².